The van der Waals surface area contributed by atoms with Crippen molar-refractivity contribution in [3.8, 4) is 0 Å². The van der Waals surface area contributed by atoms with Crippen LogP contribution in [0.15, 0.2) is 36.0 Å². The predicted octanol–water partition coefficient (Wildman–Crippen LogP) is 3.72. The Morgan fingerprint density at radius 1 is 1.07 bits per heavy atom. The molecule has 0 unspecified atom stereocenters. The fourth-order valence-electron chi connectivity index (χ4n) is 5.27. The second-order valence-electron chi connectivity index (χ2n) is 11.8. The molecule has 230 valence electrons. The van der Waals surface area contributed by atoms with Crippen LogP contribution in [0.4, 0.5) is 9.59 Å². The lowest BCUT2D eigenvalue weighted by atomic mass is 9.92. The van der Waals surface area contributed by atoms with Crippen LogP contribution in [0.3, 0.4) is 0 Å². The van der Waals surface area contributed by atoms with Crippen molar-refractivity contribution in [2.45, 2.75) is 77.5 Å². The fraction of sp³-hybridized carbons (Fsp3) is 0.710. The minimum absolute atomic E-state index is 0.00879. The molecule has 10 heteroatoms. The third-order valence-corrected chi connectivity index (χ3v) is 8.06. The first kappa shape index (κ1) is 32.7. The first-order chi connectivity index (χ1) is 19.6. The van der Waals surface area contributed by atoms with E-state index < -0.39 is 12.2 Å². The number of nitrogens with one attached hydrogen (secondary N) is 1. The van der Waals surface area contributed by atoms with Gasteiger partial charge in [0.2, 0.25) is 5.91 Å². The van der Waals surface area contributed by atoms with Crippen molar-refractivity contribution in [3.05, 3.63) is 36.0 Å². The summed E-state index contributed by atoms with van der Waals surface area (Å²) in [6.07, 6.45) is 12.9. The zero-order valence-electron chi connectivity index (χ0n) is 25.3. The minimum Gasteiger partial charge on any atom is -0.449 e. The molecule has 3 aliphatic heterocycles. The summed E-state index contributed by atoms with van der Waals surface area (Å²) in [5.41, 5.74) is 1.00. The van der Waals surface area contributed by atoms with E-state index in [9.17, 15) is 19.5 Å². The zero-order chi connectivity index (χ0) is 29.8. The molecule has 3 heterocycles. The van der Waals surface area contributed by atoms with E-state index in [2.05, 4.69) is 24.2 Å². The summed E-state index contributed by atoms with van der Waals surface area (Å²) in [5.74, 6) is 0.0365. The molecule has 3 aliphatic rings. The molecule has 5 atom stereocenters. The number of nitrogens with zero attached hydrogens (tertiary/aromatic N) is 3. The Bertz CT molecular complexity index is 958. The zero-order valence-corrected chi connectivity index (χ0v) is 25.3. The van der Waals surface area contributed by atoms with E-state index in [1.807, 2.05) is 44.2 Å². The van der Waals surface area contributed by atoms with E-state index in [0.717, 1.165) is 44.3 Å². The van der Waals surface area contributed by atoms with Gasteiger partial charge in [0, 0.05) is 51.6 Å². The molecule has 0 bridgehead atoms. The van der Waals surface area contributed by atoms with E-state index in [4.69, 9.17) is 9.47 Å². The van der Waals surface area contributed by atoms with Gasteiger partial charge in [-0.2, -0.15) is 0 Å². The van der Waals surface area contributed by atoms with Gasteiger partial charge in [-0.15, -0.1) is 0 Å². The largest absolute Gasteiger partial charge is 0.449 e. The van der Waals surface area contributed by atoms with Gasteiger partial charge in [0.1, 0.15) is 6.10 Å². The van der Waals surface area contributed by atoms with Crippen LogP contribution in [0, 0.1) is 11.8 Å². The number of likely N-dealkylation sites (tertiary alicyclic amines) is 1. The summed E-state index contributed by atoms with van der Waals surface area (Å²) in [7, 11) is 2.06. The van der Waals surface area contributed by atoms with Crippen LogP contribution < -0.4 is 5.32 Å². The van der Waals surface area contributed by atoms with Crippen LogP contribution >= 0.6 is 0 Å². The maximum atomic E-state index is 12.8. The fourth-order valence-corrected chi connectivity index (χ4v) is 5.27. The molecule has 0 radical (unpaired) electrons. The molecular weight excluding hydrogens is 524 g/mol. The van der Waals surface area contributed by atoms with Gasteiger partial charge in [-0.1, -0.05) is 50.1 Å². The summed E-state index contributed by atoms with van der Waals surface area (Å²) in [6, 6.07) is -0.202. The normalized spacial score (nSPS) is 28.9. The van der Waals surface area contributed by atoms with Crippen LogP contribution in [0.25, 0.3) is 0 Å². The molecule has 0 aromatic heterocycles. The van der Waals surface area contributed by atoms with Crippen LogP contribution in [-0.4, -0.2) is 109 Å². The Labute approximate surface area is 245 Å². The highest BCUT2D eigenvalue weighted by Crippen LogP contribution is 2.20. The number of piperazine rings is 1. The van der Waals surface area contributed by atoms with Crippen molar-refractivity contribution in [1.82, 2.24) is 20.0 Å². The Kier molecular flexibility index (Phi) is 13.2. The molecule has 2 N–H and O–H groups in total. The number of ether oxygens (including phenoxy) is 2. The van der Waals surface area contributed by atoms with Crippen molar-refractivity contribution in [2.75, 3.05) is 52.9 Å². The summed E-state index contributed by atoms with van der Waals surface area (Å²) in [5, 5.41) is 12.8. The number of β-amino-alcohol motifs (C(OH)–C–C–N with tert-alkyl or cyclic N) is 1. The monoisotopic (exact) mass is 574 g/mol. The smallest absolute Gasteiger partial charge is 0.410 e. The lowest BCUT2D eigenvalue weighted by Gasteiger charge is -2.32. The van der Waals surface area contributed by atoms with Crippen molar-refractivity contribution in [3.63, 3.8) is 0 Å². The van der Waals surface area contributed by atoms with E-state index in [-0.39, 0.29) is 42.6 Å². The summed E-state index contributed by atoms with van der Waals surface area (Å²) in [6.45, 7) is 10.2. The molecule has 0 spiro atoms. The van der Waals surface area contributed by atoms with Gasteiger partial charge < -0.3 is 34.6 Å². The van der Waals surface area contributed by atoms with Crippen molar-refractivity contribution in [2.24, 2.45) is 11.8 Å². The first-order valence-corrected chi connectivity index (χ1v) is 15.2. The molecule has 10 nitrogen and oxygen atoms in total. The number of aliphatic hydroxyl groups is 1. The van der Waals surface area contributed by atoms with E-state index >= 15 is 0 Å². The number of amides is 3. The number of hydrogen-bond acceptors (Lipinski definition) is 7. The summed E-state index contributed by atoms with van der Waals surface area (Å²) in [4.78, 5) is 43.2. The minimum atomic E-state index is -0.468. The maximum absolute atomic E-state index is 12.8. The van der Waals surface area contributed by atoms with Gasteiger partial charge in [-0.3, -0.25) is 4.79 Å². The molecular formula is C31H50N4O6. The number of likely N-dealkylation sites (N-methyl/N-ethyl adjacent to an activating group) is 1. The number of carbonyl (C=O) groups is 3. The van der Waals surface area contributed by atoms with Gasteiger partial charge in [-0.25, -0.2) is 9.59 Å². The van der Waals surface area contributed by atoms with Gasteiger partial charge >= 0.3 is 12.2 Å². The third-order valence-electron chi connectivity index (χ3n) is 8.06. The second kappa shape index (κ2) is 16.6. The van der Waals surface area contributed by atoms with Crippen LogP contribution in [0.2, 0.25) is 0 Å². The number of carbonyl (C=O) groups excluding carboxylic acids is 3. The number of allylic oxidation sites excluding steroid dienone is 2. The molecule has 3 rings (SSSR count). The average Bonchev–Trinajstić information content (AvgIpc) is 3.38. The van der Waals surface area contributed by atoms with Crippen LogP contribution in [0.1, 0.15) is 59.3 Å². The van der Waals surface area contributed by atoms with Gasteiger partial charge in [-0.05, 0) is 51.6 Å². The molecule has 0 aromatic carbocycles. The topological polar surface area (TPSA) is 112 Å². The molecule has 0 saturated carbocycles. The Morgan fingerprint density at radius 2 is 1.83 bits per heavy atom. The standard InChI is InChI=1S/C31H50N4O6/c1-23(22-40-30(38)35-16-15-26(36)21-35)9-8-10-24(2)29-25(3)13-14-27(11-6-5-7-12-28(37)32-29)41-31(39)34-19-17-33(4)18-20-34/h8-10,13-14,23,25-27,29,36H,5-7,11-12,15-22H2,1-4H3,(H,32,37)/b9-8+,14-13-,24-10+/t23-,25+,26-,27-,29-/m1/s1. The summed E-state index contributed by atoms with van der Waals surface area (Å²) >= 11 is 0. The molecule has 2 saturated heterocycles. The highest BCUT2D eigenvalue weighted by Gasteiger charge is 2.26. The highest BCUT2D eigenvalue weighted by atomic mass is 16.6. The lowest BCUT2D eigenvalue weighted by molar-refractivity contribution is -0.121. The Hall–Kier alpha value is -2.85. The van der Waals surface area contributed by atoms with Crippen LogP contribution in [0.5, 0.6) is 0 Å². The second-order valence-corrected chi connectivity index (χ2v) is 11.8. The average molecular weight is 575 g/mol. The molecule has 0 aliphatic carbocycles. The quantitative estimate of drug-likeness (QED) is 0.367. The van der Waals surface area contributed by atoms with Gasteiger partial charge in [0.25, 0.3) is 0 Å². The van der Waals surface area contributed by atoms with Crippen LogP contribution in [-0.2, 0) is 14.3 Å². The Morgan fingerprint density at radius 3 is 2.54 bits per heavy atom. The van der Waals surface area contributed by atoms with Gasteiger partial charge in [0.05, 0.1) is 18.8 Å². The van der Waals surface area contributed by atoms with E-state index in [0.29, 0.717) is 39.0 Å². The summed E-state index contributed by atoms with van der Waals surface area (Å²) < 4.78 is 11.3. The van der Waals surface area contributed by atoms with E-state index in [1.54, 1.807) is 4.90 Å². The molecule has 2 fully saturated rings. The lowest BCUT2D eigenvalue weighted by Crippen LogP contribution is -2.47. The number of hydrogen-bond donors (Lipinski definition) is 2. The maximum Gasteiger partial charge on any atom is 0.410 e. The van der Waals surface area contributed by atoms with E-state index in [1.165, 1.54) is 4.90 Å². The van der Waals surface area contributed by atoms with Crippen molar-refractivity contribution >= 4 is 18.1 Å². The number of aliphatic hydroxyl groups excluding tert-OH is 1. The van der Waals surface area contributed by atoms with Crippen molar-refractivity contribution < 1.29 is 29.0 Å². The molecule has 0 aromatic rings. The number of rotatable bonds is 6. The molecule has 3 amide bonds. The third kappa shape index (κ3) is 11.2. The first-order valence-electron chi connectivity index (χ1n) is 15.2. The van der Waals surface area contributed by atoms with Gasteiger partial charge in [0.15, 0.2) is 0 Å². The van der Waals surface area contributed by atoms with Crippen molar-refractivity contribution in [1.29, 1.82) is 0 Å². The highest BCUT2D eigenvalue weighted by molar-refractivity contribution is 5.76. The molecule has 41 heavy (non-hydrogen) atoms. The Balaban J connectivity index is 1.59. The predicted molar refractivity (Wildman–Crippen MR) is 158 cm³/mol. The SMILES string of the molecule is C/C(=C\C=C\[C@@H](C)COC(=O)N1CC[C@@H](O)C1)[C@H]1NC(=O)CCCCC[C@@H](OC(=O)N2CCN(C)CC2)/C=C\[C@@H]1C.